The number of hydrogen-bond acceptors (Lipinski definition) is 6. The fourth-order valence-corrected chi connectivity index (χ4v) is 4.44. The Morgan fingerprint density at radius 2 is 1.86 bits per heavy atom. The highest BCUT2D eigenvalue weighted by atomic mass is 32.2. The van der Waals surface area contributed by atoms with E-state index in [0.717, 1.165) is 22.9 Å². The predicted molar refractivity (Wildman–Crippen MR) is 140 cm³/mol. The van der Waals surface area contributed by atoms with Gasteiger partial charge in [0, 0.05) is 18.8 Å². The molecular weight excluding hydrogens is 464 g/mol. The van der Waals surface area contributed by atoms with Gasteiger partial charge in [0.2, 0.25) is 5.91 Å². The topological polar surface area (TPSA) is 102 Å². The van der Waals surface area contributed by atoms with Gasteiger partial charge in [-0.25, -0.2) is 9.78 Å². The minimum absolute atomic E-state index is 0.105. The molecule has 3 aromatic rings. The second kappa shape index (κ2) is 12.0. The molecule has 0 saturated heterocycles. The van der Waals surface area contributed by atoms with Gasteiger partial charge >= 0.3 is 6.03 Å². The molecule has 1 unspecified atom stereocenters. The van der Waals surface area contributed by atoms with Crippen LogP contribution in [0.5, 0.6) is 0 Å². The summed E-state index contributed by atoms with van der Waals surface area (Å²) in [5, 5.41) is 5.38. The fourth-order valence-electron chi connectivity index (χ4n) is 3.51. The van der Waals surface area contributed by atoms with Gasteiger partial charge in [0.05, 0.1) is 22.3 Å². The van der Waals surface area contributed by atoms with Gasteiger partial charge in [-0.05, 0) is 64.8 Å². The number of imide groups is 1. The molecule has 0 aliphatic heterocycles. The van der Waals surface area contributed by atoms with Gasteiger partial charge in [0.15, 0.2) is 5.16 Å². The van der Waals surface area contributed by atoms with E-state index < -0.39 is 17.2 Å². The summed E-state index contributed by atoms with van der Waals surface area (Å²) in [4.78, 5) is 43.0. The molecule has 0 bridgehead atoms. The lowest BCUT2D eigenvalue weighted by atomic mass is 10.1. The van der Waals surface area contributed by atoms with Gasteiger partial charge in [-0.15, -0.1) is 0 Å². The van der Waals surface area contributed by atoms with Gasteiger partial charge in [0.1, 0.15) is 0 Å². The average molecular weight is 497 g/mol. The van der Waals surface area contributed by atoms with E-state index in [9.17, 15) is 14.4 Å². The Hall–Kier alpha value is -3.17. The summed E-state index contributed by atoms with van der Waals surface area (Å²) < 4.78 is 7.19. The number of urea groups is 1. The first-order chi connectivity index (χ1) is 16.7. The number of nitrogens with zero attached hydrogens (tertiary/aromatic N) is 2. The maximum atomic E-state index is 13.2. The maximum Gasteiger partial charge on any atom is 0.325 e. The van der Waals surface area contributed by atoms with E-state index in [4.69, 9.17) is 4.74 Å². The number of nitrogens with one attached hydrogen (secondary N) is 2. The molecule has 2 aromatic carbocycles. The van der Waals surface area contributed by atoms with Crippen LogP contribution in [0, 0.1) is 13.8 Å². The summed E-state index contributed by atoms with van der Waals surface area (Å²) in [5.74, 6) is -0.477. The predicted octanol–water partition coefficient (Wildman–Crippen LogP) is 4.66. The number of hydrogen-bond donors (Lipinski definition) is 2. The highest BCUT2D eigenvalue weighted by Gasteiger charge is 2.21. The molecule has 1 heterocycles. The van der Waals surface area contributed by atoms with Crippen molar-refractivity contribution in [3.05, 3.63) is 63.9 Å². The number of thioether (sulfide) groups is 1. The quantitative estimate of drug-likeness (QED) is 0.254. The van der Waals surface area contributed by atoms with Crippen LogP contribution < -0.4 is 16.2 Å². The molecule has 3 rings (SSSR count). The highest BCUT2D eigenvalue weighted by Crippen LogP contribution is 2.23. The SMILES string of the molecule is Cc1ccc(NC(=O)NC(=O)C(C)Sc2nc3ccccc3c(=O)n2CCCOC(C)C)c(C)c1. The minimum atomic E-state index is -0.661. The number of para-hydroxylation sites is 1. The monoisotopic (exact) mass is 496 g/mol. The van der Waals surface area contributed by atoms with E-state index in [-0.39, 0.29) is 11.7 Å². The van der Waals surface area contributed by atoms with E-state index in [1.165, 1.54) is 0 Å². The van der Waals surface area contributed by atoms with Crippen molar-refractivity contribution in [2.24, 2.45) is 0 Å². The molecule has 0 spiro atoms. The Balaban J connectivity index is 1.73. The molecule has 2 N–H and O–H groups in total. The summed E-state index contributed by atoms with van der Waals surface area (Å²) in [6.07, 6.45) is 0.735. The number of aromatic nitrogens is 2. The van der Waals surface area contributed by atoms with Crippen LogP contribution in [0.4, 0.5) is 10.5 Å². The largest absolute Gasteiger partial charge is 0.379 e. The van der Waals surface area contributed by atoms with Gasteiger partial charge in [0.25, 0.3) is 5.56 Å². The summed E-state index contributed by atoms with van der Waals surface area (Å²) in [7, 11) is 0. The van der Waals surface area contributed by atoms with Crippen LogP contribution in [0.15, 0.2) is 52.4 Å². The Kier molecular flexibility index (Phi) is 9.06. The zero-order valence-corrected chi connectivity index (χ0v) is 21.6. The second-order valence-corrected chi connectivity index (χ2v) is 9.97. The van der Waals surface area contributed by atoms with Crippen molar-refractivity contribution in [2.75, 3.05) is 11.9 Å². The Labute approximate surface area is 209 Å². The Morgan fingerprint density at radius 1 is 1.11 bits per heavy atom. The second-order valence-electron chi connectivity index (χ2n) is 8.66. The Morgan fingerprint density at radius 3 is 2.57 bits per heavy atom. The van der Waals surface area contributed by atoms with E-state index in [1.54, 1.807) is 35.8 Å². The van der Waals surface area contributed by atoms with Gasteiger partial charge in [-0.3, -0.25) is 19.5 Å². The third-order valence-corrected chi connectivity index (χ3v) is 6.41. The van der Waals surface area contributed by atoms with Crippen molar-refractivity contribution in [3.63, 3.8) is 0 Å². The summed E-state index contributed by atoms with van der Waals surface area (Å²) in [5.41, 5.74) is 3.02. The third kappa shape index (κ3) is 7.16. The number of carbonyl (C=O) groups excluding carboxylic acids is 2. The molecule has 186 valence electrons. The smallest absolute Gasteiger partial charge is 0.325 e. The van der Waals surface area contributed by atoms with Gasteiger partial charge in [-0.2, -0.15) is 0 Å². The molecule has 1 atom stereocenters. The van der Waals surface area contributed by atoms with Gasteiger partial charge in [-0.1, -0.05) is 41.6 Å². The molecule has 9 heteroatoms. The number of amides is 3. The third-order valence-electron chi connectivity index (χ3n) is 5.32. The normalized spacial score (nSPS) is 12.1. The first-order valence-electron chi connectivity index (χ1n) is 11.6. The molecule has 0 aliphatic rings. The van der Waals surface area contributed by atoms with Crippen molar-refractivity contribution >= 4 is 40.3 Å². The fraction of sp³-hybridized carbons (Fsp3) is 0.385. The molecule has 0 saturated carbocycles. The number of aryl methyl sites for hydroxylation is 2. The highest BCUT2D eigenvalue weighted by molar-refractivity contribution is 8.00. The van der Waals surface area contributed by atoms with Crippen LogP contribution in [-0.2, 0) is 16.1 Å². The van der Waals surface area contributed by atoms with Crippen LogP contribution in [0.2, 0.25) is 0 Å². The lowest BCUT2D eigenvalue weighted by Crippen LogP contribution is -2.39. The number of ether oxygens (including phenoxy) is 1. The zero-order chi connectivity index (χ0) is 25.5. The first kappa shape index (κ1) is 26.4. The molecule has 35 heavy (non-hydrogen) atoms. The van der Waals surface area contributed by atoms with E-state index in [0.29, 0.717) is 41.3 Å². The molecule has 0 radical (unpaired) electrons. The molecule has 0 fully saturated rings. The molecule has 3 amide bonds. The van der Waals surface area contributed by atoms with Crippen molar-refractivity contribution in [3.8, 4) is 0 Å². The van der Waals surface area contributed by atoms with Crippen molar-refractivity contribution in [1.29, 1.82) is 0 Å². The number of anilines is 1. The first-order valence-corrected chi connectivity index (χ1v) is 12.5. The standard InChI is InChI=1S/C26H32N4O4S/c1-16(2)34-14-8-13-30-24(32)20-9-6-7-10-22(20)28-26(30)35-19(5)23(31)29-25(33)27-21-12-11-17(3)15-18(21)4/h6-7,9-12,15-16,19H,8,13-14H2,1-5H3,(H2,27,29,31,33). The lowest BCUT2D eigenvalue weighted by molar-refractivity contribution is -0.119. The molecule has 8 nitrogen and oxygen atoms in total. The summed E-state index contributed by atoms with van der Waals surface area (Å²) in [6.45, 7) is 10.4. The zero-order valence-electron chi connectivity index (χ0n) is 20.8. The molecular formula is C26H32N4O4S. The van der Waals surface area contributed by atoms with Crippen molar-refractivity contribution < 1.29 is 14.3 Å². The summed E-state index contributed by atoms with van der Waals surface area (Å²) in [6, 6.07) is 12.2. The van der Waals surface area contributed by atoms with Crippen LogP contribution in [0.25, 0.3) is 10.9 Å². The van der Waals surface area contributed by atoms with E-state index in [1.807, 2.05) is 45.9 Å². The number of rotatable bonds is 9. The minimum Gasteiger partial charge on any atom is -0.379 e. The van der Waals surface area contributed by atoms with Crippen LogP contribution >= 0.6 is 11.8 Å². The summed E-state index contributed by atoms with van der Waals surface area (Å²) >= 11 is 1.14. The van der Waals surface area contributed by atoms with Gasteiger partial charge < -0.3 is 10.1 Å². The van der Waals surface area contributed by atoms with Crippen LogP contribution in [0.1, 0.15) is 38.3 Å². The van der Waals surface area contributed by atoms with E-state index >= 15 is 0 Å². The van der Waals surface area contributed by atoms with Crippen molar-refractivity contribution in [1.82, 2.24) is 14.9 Å². The molecule has 1 aromatic heterocycles. The van der Waals surface area contributed by atoms with Crippen LogP contribution in [-0.4, -0.2) is 39.5 Å². The van der Waals surface area contributed by atoms with Crippen LogP contribution in [0.3, 0.4) is 0 Å². The maximum absolute atomic E-state index is 13.2. The Bertz CT molecular complexity index is 1270. The van der Waals surface area contributed by atoms with Crippen molar-refractivity contribution in [2.45, 2.75) is 64.1 Å². The average Bonchev–Trinajstić information content (AvgIpc) is 2.80. The number of fused-ring (bicyclic) bond motifs is 1. The van der Waals surface area contributed by atoms with E-state index in [2.05, 4.69) is 15.6 Å². The number of benzene rings is 2. The lowest BCUT2D eigenvalue weighted by Gasteiger charge is -2.17. The number of carbonyl (C=O) groups is 2. The molecule has 0 aliphatic carbocycles.